The number of anilines is 1. The van der Waals surface area contributed by atoms with Gasteiger partial charge in [-0.2, -0.15) is 0 Å². The lowest BCUT2D eigenvalue weighted by molar-refractivity contribution is -0.115. The molecule has 0 fully saturated rings. The molecule has 96 valence electrons. The molecule has 3 heteroatoms. The molecular weight excluding hydrogens is 236 g/mol. The minimum atomic E-state index is -0.190. The van der Waals surface area contributed by atoms with Crippen molar-refractivity contribution in [2.45, 2.75) is 6.92 Å². The molecule has 0 saturated carbocycles. The Bertz CT molecular complexity index is 559. The van der Waals surface area contributed by atoms with E-state index in [0.29, 0.717) is 0 Å². The van der Waals surface area contributed by atoms with Crippen molar-refractivity contribution < 1.29 is 4.79 Å². The number of rotatable bonds is 4. The Morgan fingerprint density at radius 2 is 1.68 bits per heavy atom. The molecule has 2 N–H and O–H groups in total. The van der Waals surface area contributed by atoms with Gasteiger partial charge in [0.25, 0.3) is 5.91 Å². The van der Waals surface area contributed by atoms with Gasteiger partial charge in [0.15, 0.2) is 0 Å². The second-order valence-corrected chi connectivity index (χ2v) is 4.22. The summed E-state index contributed by atoms with van der Waals surface area (Å²) >= 11 is 0. The predicted molar refractivity (Wildman–Crippen MR) is 78.4 cm³/mol. The number of nitrogens with one attached hydrogen (secondary N) is 2. The van der Waals surface area contributed by atoms with Crippen LogP contribution in [0.5, 0.6) is 0 Å². The molecule has 0 saturated heterocycles. The summed E-state index contributed by atoms with van der Waals surface area (Å²) in [6, 6.07) is 17.5. The summed E-state index contributed by atoms with van der Waals surface area (Å²) in [5, 5.41) is 0. The van der Waals surface area contributed by atoms with Crippen LogP contribution in [0.25, 0.3) is 6.08 Å². The van der Waals surface area contributed by atoms with Gasteiger partial charge in [-0.3, -0.25) is 15.6 Å². The van der Waals surface area contributed by atoms with E-state index in [1.807, 2.05) is 61.5 Å². The second kappa shape index (κ2) is 6.40. The van der Waals surface area contributed by atoms with E-state index >= 15 is 0 Å². The highest BCUT2D eigenvalue weighted by Gasteiger charge is 1.94. The van der Waals surface area contributed by atoms with Gasteiger partial charge in [0, 0.05) is 6.08 Å². The van der Waals surface area contributed by atoms with Crippen LogP contribution in [0.4, 0.5) is 5.69 Å². The van der Waals surface area contributed by atoms with E-state index in [2.05, 4.69) is 10.9 Å². The van der Waals surface area contributed by atoms with Crippen molar-refractivity contribution in [2.75, 3.05) is 5.43 Å². The Morgan fingerprint density at radius 1 is 1.00 bits per heavy atom. The maximum atomic E-state index is 11.6. The molecule has 0 aliphatic carbocycles. The van der Waals surface area contributed by atoms with Crippen LogP contribution in [0.2, 0.25) is 0 Å². The van der Waals surface area contributed by atoms with Crippen LogP contribution in [0.15, 0.2) is 60.7 Å². The Morgan fingerprint density at radius 3 is 2.37 bits per heavy atom. The summed E-state index contributed by atoms with van der Waals surface area (Å²) < 4.78 is 0. The first-order chi connectivity index (χ1) is 9.24. The highest BCUT2D eigenvalue weighted by atomic mass is 16.2. The number of hydrogen-bond donors (Lipinski definition) is 2. The summed E-state index contributed by atoms with van der Waals surface area (Å²) in [6.45, 7) is 2.03. The average Bonchev–Trinajstić information content (AvgIpc) is 2.45. The van der Waals surface area contributed by atoms with Crippen LogP contribution < -0.4 is 10.9 Å². The summed E-state index contributed by atoms with van der Waals surface area (Å²) in [7, 11) is 0. The molecule has 2 rings (SSSR count). The lowest BCUT2D eigenvalue weighted by Gasteiger charge is -2.05. The highest BCUT2D eigenvalue weighted by molar-refractivity contribution is 5.92. The van der Waals surface area contributed by atoms with Gasteiger partial charge in [0.2, 0.25) is 0 Å². The molecule has 1 amide bonds. The molecule has 0 aromatic heterocycles. The summed E-state index contributed by atoms with van der Waals surface area (Å²) in [5.74, 6) is -0.190. The van der Waals surface area contributed by atoms with E-state index in [-0.39, 0.29) is 5.91 Å². The zero-order valence-corrected chi connectivity index (χ0v) is 10.8. The van der Waals surface area contributed by atoms with Gasteiger partial charge >= 0.3 is 0 Å². The van der Waals surface area contributed by atoms with Crippen molar-refractivity contribution in [2.24, 2.45) is 0 Å². The van der Waals surface area contributed by atoms with E-state index in [4.69, 9.17) is 0 Å². The topological polar surface area (TPSA) is 41.1 Å². The minimum Gasteiger partial charge on any atom is -0.298 e. The average molecular weight is 252 g/mol. The van der Waals surface area contributed by atoms with Crippen molar-refractivity contribution in [3.8, 4) is 0 Å². The minimum absolute atomic E-state index is 0.190. The second-order valence-electron chi connectivity index (χ2n) is 4.22. The fraction of sp³-hybridized carbons (Fsp3) is 0.0625. The smallest absolute Gasteiger partial charge is 0.262 e. The molecule has 0 radical (unpaired) electrons. The third-order valence-corrected chi connectivity index (χ3v) is 2.61. The van der Waals surface area contributed by atoms with Gasteiger partial charge in [-0.25, -0.2) is 0 Å². The molecule has 0 aliphatic rings. The quantitative estimate of drug-likeness (QED) is 0.648. The van der Waals surface area contributed by atoms with Crippen LogP contribution in [-0.2, 0) is 4.79 Å². The number of para-hydroxylation sites is 1. The zero-order chi connectivity index (χ0) is 13.5. The number of benzene rings is 2. The Kier molecular flexibility index (Phi) is 4.34. The number of hydrazine groups is 1. The molecule has 0 aliphatic heterocycles. The predicted octanol–water partition coefficient (Wildman–Crippen LogP) is 3.15. The monoisotopic (exact) mass is 252 g/mol. The van der Waals surface area contributed by atoms with Gasteiger partial charge in [0.05, 0.1) is 5.69 Å². The largest absolute Gasteiger partial charge is 0.298 e. The standard InChI is InChI=1S/C16H16N2O/c1-13-7-9-14(10-8-13)11-12-16(19)18-17-15-5-3-2-4-6-15/h2-12,17H,1H3,(H,18,19). The van der Waals surface area contributed by atoms with Crippen LogP contribution in [-0.4, -0.2) is 5.91 Å². The molecule has 0 spiro atoms. The van der Waals surface area contributed by atoms with E-state index in [9.17, 15) is 4.79 Å². The van der Waals surface area contributed by atoms with Gasteiger partial charge < -0.3 is 0 Å². The first kappa shape index (κ1) is 12.9. The normalized spacial score (nSPS) is 10.4. The third-order valence-electron chi connectivity index (χ3n) is 2.61. The lowest BCUT2D eigenvalue weighted by Crippen LogP contribution is -2.27. The van der Waals surface area contributed by atoms with Crippen molar-refractivity contribution in [1.82, 2.24) is 5.43 Å². The first-order valence-electron chi connectivity index (χ1n) is 6.10. The third kappa shape index (κ3) is 4.32. The first-order valence-corrected chi connectivity index (χ1v) is 6.10. The highest BCUT2D eigenvalue weighted by Crippen LogP contribution is 2.05. The molecule has 0 heterocycles. The van der Waals surface area contributed by atoms with Crippen molar-refractivity contribution in [3.05, 3.63) is 71.8 Å². The van der Waals surface area contributed by atoms with E-state index in [1.165, 1.54) is 11.6 Å². The number of amides is 1. The lowest BCUT2D eigenvalue weighted by atomic mass is 10.1. The Labute approximate surface area is 112 Å². The number of hydrogen-bond acceptors (Lipinski definition) is 2. The Hall–Kier alpha value is -2.55. The van der Waals surface area contributed by atoms with E-state index < -0.39 is 0 Å². The van der Waals surface area contributed by atoms with Crippen molar-refractivity contribution in [1.29, 1.82) is 0 Å². The van der Waals surface area contributed by atoms with Crippen LogP contribution in [0.3, 0.4) is 0 Å². The van der Waals surface area contributed by atoms with Gasteiger partial charge in [0.1, 0.15) is 0 Å². The molecule has 19 heavy (non-hydrogen) atoms. The fourth-order valence-electron chi connectivity index (χ4n) is 1.55. The van der Waals surface area contributed by atoms with Crippen molar-refractivity contribution in [3.63, 3.8) is 0 Å². The molecule has 0 bridgehead atoms. The zero-order valence-electron chi connectivity index (χ0n) is 10.8. The summed E-state index contributed by atoms with van der Waals surface area (Å²) in [6.07, 6.45) is 3.28. The van der Waals surface area contributed by atoms with Crippen molar-refractivity contribution >= 4 is 17.7 Å². The SMILES string of the molecule is Cc1ccc(C=CC(=O)NNc2ccccc2)cc1. The summed E-state index contributed by atoms with van der Waals surface area (Å²) in [5.41, 5.74) is 8.49. The fourth-order valence-corrected chi connectivity index (χ4v) is 1.55. The molecule has 0 unspecified atom stereocenters. The molecule has 2 aromatic carbocycles. The maximum Gasteiger partial charge on any atom is 0.262 e. The van der Waals surface area contributed by atoms with E-state index in [1.54, 1.807) is 6.08 Å². The van der Waals surface area contributed by atoms with Gasteiger partial charge in [-0.1, -0.05) is 48.0 Å². The van der Waals surface area contributed by atoms with Crippen LogP contribution >= 0.6 is 0 Å². The Balaban J connectivity index is 1.86. The number of carbonyl (C=O) groups excluding carboxylic acids is 1. The van der Waals surface area contributed by atoms with Gasteiger partial charge in [-0.15, -0.1) is 0 Å². The number of carbonyl (C=O) groups is 1. The molecule has 3 nitrogen and oxygen atoms in total. The maximum absolute atomic E-state index is 11.6. The van der Waals surface area contributed by atoms with Gasteiger partial charge in [-0.05, 0) is 30.7 Å². The molecular formula is C16H16N2O. The molecule has 0 atom stereocenters. The van der Waals surface area contributed by atoms with Crippen LogP contribution in [0.1, 0.15) is 11.1 Å². The number of aryl methyl sites for hydroxylation is 1. The van der Waals surface area contributed by atoms with Crippen LogP contribution in [0, 0.1) is 6.92 Å². The molecule has 2 aromatic rings. The van der Waals surface area contributed by atoms with E-state index in [0.717, 1.165) is 11.3 Å². The summed E-state index contributed by atoms with van der Waals surface area (Å²) in [4.78, 5) is 11.6.